The van der Waals surface area contributed by atoms with E-state index >= 15 is 0 Å². The van der Waals surface area contributed by atoms with Gasteiger partial charge in [-0.25, -0.2) is 13.1 Å². The third kappa shape index (κ3) is 3.77. The summed E-state index contributed by atoms with van der Waals surface area (Å²) in [5, 5.41) is 0. The molecule has 0 fully saturated rings. The lowest BCUT2D eigenvalue weighted by Crippen LogP contribution is -2.45. The summed E-state index contributed by atoms with van der Waals surface area (Å²) in [6, 6.07) is 4.99. The summed E-state index contributed by atoms with van der Waals surface area (Å²) in [5.74, 6) is 0. The van der Waals surface area contributed by atoms with Gasteiger partial charge >= 0.3 is 0 Å². The maximum Gasteiger partial charge on any atom is 0.241 e. The number of rotatable bonds is 6. The van der Waals surface area contributed by atoms with Crippen molar-refractivity contribution in [2.45, 2.75) is 51.0 Å². The first-order valence-corrected chi connectivity index (χ1v) is 8.49. The first-order chi connectivity index (χ1) is 9.15. The Morgan fingerprint density at radius 3 is 2.35 bits per heavy atom. The fraction of sp³-hybridized carbons (Fsp3) is 0.500. The highest BCUT2D eigenvalue weighted by molar-refractivity contribution is 7.89. The van der Waals surface area contributed by atoms with Crippen LogP contribution in [0.5, 0.6) is 0 Å². The van der Waals surface area contributed by atoms with Crippen LogP contribution in [-0.4, -0.2) is 18.9 Å². The summed E-state index contributed by atoms with van der Waals surface area (Å²) in [6.45, 7) is 7.58. The molecule has 1 aromatic rings. The Morgan fingerprint density at radius 1 is 1.35 bits per heavy atom. The van der Waals surface area contributed by atoms with E-state index in [1.165, 1.54) is 6.07 Å². The van der Waals surface area contributed by atoms with E-state index in [0.717, 1.165) is 12.8 Å². The van der Waals surface area contributed by atoms with Crippen LogP contribution in [0.25, 0.3) is 0 Å². The molecule has 0 amide bonds. The maximum absolute atomic E-state index is 12.6. The van der Waals surface area contributed by atoms with Crippen LogP contribution in [0.2, 0.25) is 0 Å². The van der Waals surface area contributed by atoms with E-state index < -0.39 is 15.6 Å². The zero-order chi connectivity index (χ0) is 15.6. The van der Waals surface area contributed by atoms with E-state index in [-0.39, 0.29) is 9.88 Å². The number of benzene rings is 1. The molecule has 0 aliphatic heterocycles. The summed E-state index contributed by atoms with van der Waals surface area (Å²) >= 11 is 4.91. The smallest absolute Gasteiger partial charge is 0.241 e. The van der Waals surface area contributed by atoms with Crippen LogP contribution in [0, 0.1) is 6.92 Å². The molecule has 1 aromatic carbocycles. The van der Waals surface area contributed by atoms with Crippen LogP contribution in [0.3, 0.4) is 0 Å². The topological polar surface area (TPSA) is 72.2 Å². The summed E-state index contributed by atoms with van der Waals surface area (Å²) in [7, 11) is -3.59. The van der Waals surface area contributed by atoms with Crippen molar-refractivity contribution in [3.63, 3.8) is 0 Å². The molecule has 0 aliphatic rings. The van der Waals surface area contributed by atoms with Crippen LogP contribution in [0.1, 0.15) is 44.7 Å². The normalized spacial score (nSPS) is 12.4. The van der Waals surface area contributed by atoms with Crippen LogP contribution in [-0.2, 0) is 10.0 Å². The Bertz CT molecular complexity index is 606. The number of hydrogen-bond acceptors (Lipinski definition) is 3. The molecule has 3 N–H and O–H groups in total. The van der Waals surface area contributed by atoms with E-state index in [4.69, 9.17) is 18.0 Å². The average molecular weight is 314 g/mol. The van der Waals surface area contributed by atoms with E-state index in [1.54, 1.807) is 19.1 Å². The summed E-state index contributed by atoms with van der Waals surface area (Å²) in [4.78, 5) is 0.422. The Kier molecular flexibility index (Phi) is 5.29. The van der Waals surface area contributed by atoms with Gasteiger partial charge in [-0.2, -0.15) is 0 Å². The minimum atomic E-state index is -3.59. The fourth-order valence-electron chi connectivity index (χ4n) is 1.82. The summed E-state index contributed by atoms with van der Waals surface area (Å²) in [5.41, 5.74) is 6.35. The minimum Gasteiger partial charge on any atom is -0.389 e. The molecule has 20 heavy (non-hydrogen) atoms. The van der Waals surface area contributed by atoms with Crippen LogP contribution >= 0.6 is 12.2 Å². The van der Waals surface area contributed by atoms with Gasteiger partial charge < -0.3 is 5.73 Å². The molecule has 0 atom stereocenters. The van der Waals surface area contributed by atoms with Crippen LogP contribution < -0.4 is 10.5 Å². The van der Waals surface area contributed by atoms with E-state index in [1.807, 2.05) is 20.8 Å². The molecular formula is C14H22N2O2S2. The van der Waals surface area contributed by atoms with Gasteiger partial charge in [0.1, 0.15) is 4.99 Å². The summed E-state index contributed by atoms with van der Waals surface area (Å²) in [6.07, 6.45) is 1.44. The third-order valence-electron chi connectivity index (χ3n) is 3.70. The number of thiocarbonyl (C=S) groups is 1. The first kappa shape index (κ1) is 17.1. The zero-order valence-corrected chi connectivity index (χ0v) is 14.0. The first-order valence-electron chi connectivity index (χ1n) is 6.59. The van der Waals surface area contributed by atoms with Gasteiger partial charge in [-0.1, -0.05) is 38.2 Å². The average Bonchev–Trinajstić information content (AvgIpc) is 2.38. The van der Waals surface area contributed by atoms with E-state index in [9.17, 15) is 8.42 Å². The Labute approximate surface area is 126 Å². The van der Waals surface area contributed by atoms with Crippen molar-refractivity contribution in [1.29, 1.82) is 0 Å². The van der Waals surface area contributed by atoms with Crippen molar-refractivity contribution in [1.82, 2.24) is 4.72 Å². The third-order valence-corrected chi connectivity index (χ3v) is 5.72. The maximum atomic E-state index is 12.6. The monoisotopic (exact) mass is 314 g/mol. The molecule has 0 bridgehead atoms. The molecule has 0 radical (unpaired) electrons. The largest absolute Gasteiger partial charge is 0.389 e. The molecular weight excluding hydrogens is 292 g/mol. The molecule has 0 unspecified atom stereocenters. The molecule has 112 valence electrons. The highest BCUT2D eigenvalue weighted by Gasteiger charge is 2.28. The molecule has 0 aliphatic carbocycles. The van der Waals surface area contributed by atoms with Crippen LogP contribution in [0.4, 0.5) is 0 Å². The molecule has 6 heteroatoms. The van der Waals surface area contributed by atoms with Gasteiger partial charge in [-0.05, 0) is 38.3 Å². The molecule has 1 rings (SSSR count). The fourth-order valence-corrected chi connectivity index (χ4v) is 3.76. The number of nitrogens with one attached hydrogen (secondary N) is 1. The Morgan fingerprint density at radius 2 is 1.90 bits per heavy atom. The second kappa shape index (κ2) is 6.20. The van der Waals surface area contributed by atoms with E-state index in [2.05, 4.69) is 4.72 Å². The number of nitrogens with two attached hydrogens (primary N) is 1. The van der Waals surface area contributed by atoms with Crippen molar-refractivity contribution in [2.75, 3.05) is 0 Å². The van der Waals surface area contributed by atoms with Gasteiger partial charge in [0.05, 0.1) is 4.90 Å². The van der Waals surface area contributed by atoms with Gasteiger partial charge in [0.25, 0.3) is 0 Å². The highest BCUT2D eigenvalue weighted by Crippen LogP contribution is 2.22. The van der Waals surface area contributed by atoms with Crippen molar-refractivity contribution in [3.05, 3.63) is 29.3 Å². The molecule has 0 saturated carbocycles. The lowest BCUT2D eigenvalue weighted by Gasteiger charge is -2.28. The van der Waals surface area contributed by atoms with Gasteiger partial charge in [-0.3, -0.25) is 0 Å². The molecule has 4 nitrogen and oxygen atoms in total. The number of sulfonamides is 1. The molecule has 0 saturated heterocycles. The Hall–Kier alpha value is -0.980. The standard InChI is InChI=1S/C14H22N2O2S2/c1-5-14(4,6-2)16-20(17,18)12-9-11(13(15)19)8-7-10(12)3/h7-9,16H,5-6H2,1-4H3,(H2,15,19). The van der Waals surface area contributed by atoms with Gasteiger partial charge in [0, 0.05) is 11.1 Å². The van der Waals surface area contributed by atoms with Crippen molar-refractivity contribution >= 4 is 27.2 Å². The van der Waals surface area contributed by atoms with E-state index in [0.29, 0.717) is 11.1 Å². The highest BCUT2D eigenvalue weighted by atomic mass is 32.2. The molecule has 0 heterocycles. The number of hydrogen-bond donors (Lipinski definition) is 2. The Balaban J connectivity index is 3.28. The minimum absolute atomic E-state index is 0.190. The van der Waals surface area contributed by atoms with Crippen molar-refractivity contribution in [3.8, 4) is 0 Å². The van der Waals surface area contributed by atoms with Gasteiger partial charge in [0.2, 0.25) is 10.0 Å². The number of aryl methyl sites for hydroxylation is 1. The van der Waals surface area contributed by atoms with Crippen molar-refractivity contribution in [2.24, 2.45) is 5.73 Å². The molecule has 0 spiro atoms. The van der Waals surface area contributed by atoms with Gasteiger partial charge in [0.15, 0.2) is 0 Å². The molecule has 0 aromatic heterocycles. The SMILES string of the molecule is CCC(C)(CC)NS(=O)(=O)c1cc(C(N)=S)ccc1C. The lowest BCUT2D eigenvalue weighted by molar-refractivity contribution is 0.388. The second-order valence-corrected chi connectivity index (χ2v) is 7.31. The lowest BCUT2D eigenvalue weighted by atomic mass is 9.98. The van der Waals surface area contributed by atoms with Crippen molar-refractivity contribution < 1.29 is 8.42 Å². The quantitative estimate of drug-likeness (QED) is 0.791. The summed E-state index contributed by atoms with van der Waals surface area (Å²) < 4.78 is 27.9. The second-order valence-electron chi connectivity index (χ2n) is 5.22. The van der Waals surface area contributed by atoms with Crippen LogP contribution in [0.15, 0.2) is 23.1 Å². The van der Waals surface area contributed by atoms with Gasteiger partial charge in [-0.15, -0.1) is 0 Å². The predicted molar refractivity (Wildman–Crippen MR) is 86.4 cm³/mol. The zero-order valence-electron chi connectivity index (χ0n) is 12.4. The predicted octanol–water partition coefficient (Wildman–Crippen LogP) is 2.49.